The molecule has 0 spiro atoms. The minimum atomic E-state index is -0.677. The number of halogens is 4. The van der Waals surface area contributed by atoms with Gasteiger partial charge >= 0.3 is 23.9 Å². The SMILES string of the molecule is CCCCC(CC)COC(=O)c1cc(Cl)c2c3c(Cl)cc(C(=O)OCC(CC)CCCC)c4c(C(=O)OCC(CC)CCCC)cc(Cl)c(c5c(Cl)cc(C(=O)OCCCCCCCS)c1c52)c43. The van der Waals surface area contributed by atoms with E-state index in [0.717, 1.165) is 108 Å². The summed E-state index contributed by atoms with van der Waals surface area (Å²) in [6.07, 6.45) is 15.7. The average Bonchev–Trinajstić information content (AvgIpc) is 3.33. The first-order chi connectivity index (χ1) is 32.8. The number of hydrogen-bond donors (Lipinski definition) is 1. The highest BCUT2D eigenvalue weighted by Crippen LogP contribution is 2.52. The fourth-order valence-electron chi connectivity index (χ4n) is 9.26. The summed E-state index contributed by atoms with van der Waals surface area (Å²) < 4.78 is 24.0. The summed E-state index contributed by atoms with van der Waals surface area (Å²) in [5, 5.41) is 2.84. The molecule has 0 heterocycles. The van der Waals surface area contributed by atoms with E-state index in [0.29, 0.717) is 38.7 Å². The molecule has 8 nitrogen and oxygen atoms in total. The molecule has 3 atom stereocenters. The summed E-state index contributed by atoms with van der Waals surface area (Å²) in [5.41, 5.74) is 0.188. The molecule has 68 heavy (non-hydrogen) atoms. The van der Waals surface area contributed by atoms with Crippen molar-refractivity contribution in [2.75, 3.05) is 32.2 Å². The largest absolute Gasteiger partial charge is 0.462 e. The van der Waals surface area contributed by atoms with Gasteiger partial charge in [-0.3, -0.25) is 0 Å². The van der Waals surface area contributed by atoms with Crippen molar-refractivity contribution in [2.45, 2.75) is 151 Å². The lowest BCUT2D eigenvalue weighted by Crippen LogP contribution is -2.17. The Morgan fingerprint density at radius 1 is 0.412 bits per heavy atom. The van der Waals surface area contributed by atoms with E-state index in [4.69, 9.17) is 65.4 Å². The maximum Gasteiger partial charge on any atom is 0.338 e. The third-order valence-electron chi connectivity index (χ3n) is 13.5. The molecular weight excluding hydrogens is 962 g/mol. The van der Waals surface area contributed by atoms with E-state index in [1.54, 1.807) is 0 Å². The molecule has 0 aliphatic heterocycles. The van der Waals surface area contributed by atoms with Gasteiger partial charge in [0.25, 0.3) is 0 Å². The van der Waals surface area contributed by atoms with Crippen molar-refractivity contribution in [2.24, 2.45) is 17.8 Å². The van der Waals surface area contributed by atoms with E-state index >= 15 is 0 Å². The van der Waals surface area contributed by atoms with Crippen LogP contribution < -0.4 is 0 Å². The predicted octanol–water partition coefficient (Wildman–Crippen LogP) is 17.5. The van der Waals surface area contributed by atoms with Gasteiger partial charge in [0, 0.05) is 63.2 Å². The Hall–Kier alpha value is -3.21. The Morgan fingerprint density at radius 3 is 1.00 bits per heavy atom. The van der Waals surface area contributed by atoms with Crippen LogP contribution in [0.1, 0.15) is 192 Å². The van der Waals surface area contributed by atoms with Gasteiger partial charge in [0.2, 0.25) is 0 Å². The number of carbonyl (C=O) groups is 4. The molecule has 0 N–H and O–H groups in total. The third kappa shape index (κ3) is 13.2. The standard InChI is InChI=1S/C55H70Cl4O8S/c1-7-13-21-33(10-4)30-65-53(61)37-27-41(57)47-49-43(59)29-39(55(63)67-32-35(12-6)23-15-9-3)45-38(54(62)66-31-34(11-5)22-14-8-2)28-42(58)48(51(45)49)46-40(56)26-36(44(37)50(46)47)52(60)64-24-19-17-16-18-20-25-68/h26-29,33-35,68H,7-25,30-32H2,1-6H3. The molecule has 0 aliphatic carbocycles. The Balaban J connectivity index is 1.83. The Labute approximate surface area is 428 Å². The van der Waals surface area contributed by atoms with Gasteiger partial charge in [-0.15, -0.1) is 0 Å². The first kappa shape index (κ1) is 55.7. The van der Waals surface area contributed by atoms with E-state index < -0.39 is 23.9 Å². The fraction of sp³-hybridized carbons (Fsp3) is 0.564. The van der Waals surface area contributed by atoms with Crippen LogP contribution in [0, 0.1) is 17.8 Å². The number of benzene rings is 5. The maximum atomic E-state index is 14.5. The zero-order valence-electron chi connectivity index (χ0n) is 40.8. The first-order valence-electron chi connectivity index (χ1n) is 25.1. The van der Waals surface area contributed by atoms with Crippen LogP contribution in [0.25, 0.3) is 43.1 Å². The van der Waals surface area contributed by atoms with Crippen LogP contribution in [0.15, 0.2) is 24.3 Å². The quantitative estimate of drug-likeness (QED) is 0.0126. The Bertz CT molecular complexity index is 2430. The predicted molar refractivity (Wildman–Crippen MR) is 286 cm³/mol. The minimum absolute atomic E-state index is 0.0427. The second-order valence-electron chi connectivity index (χ2n) is 18.3. The molecule has 13 heteroatoms. The Kier molecular flexibility index (Phi) is 22.5. The van der Waals surface area contributed by atoms with Crippen LogP contribution in [0.5, 0.6) is 0 Å². The summed E-state index contributed by atoms with van der Waals surface area (Å²) >= 11 is 33.7. The van der Waals surface area contributed by atoms with Crippen LogP contribution >= 0.6 is 59.0 Å². The molecule has 0 saturated carbocycles. The van der Waals surface area contributed by atoms with Crippen LogP contribution in [0.3, 0.4) is 0 Å². The number of fused-ring (bicyclic) bond motifs is 2. The maximum absolute atomic E-state index is 14.5. The van der Waals surface area contributed by atoms with Gasteiger partial charge in [-0.1, -0.05) is 165 Å². The highest BCUT2D eigenvalue weighted by Gasteiger charge is 2.33. The second kappa shape index (κ2) is 27.4. The molecule has 0 fully saturated rings. The van der Waals surface area contributed by atoms with Gasteiger partial charge < -0.3 is 18.9 Å². The van der Waals surface area contributed by atoms with Crippen molar-refractivity contribution in [3.8, 4) is 0 Å². The number of carbonyl (C=O) groups excluding carboxylic acids is 4. The second-order valence-corrected chi connectivity index (χ2v) is 20.4. The summed E-state index contributed by atoms with van der Waals surface area (Å²) in [6.45, 7) is 13.3. The number of hydrogen-bond acceptors (Lipinski definition) is 9. The van der Waals surface area contributed by atoms with Gasteiger partial charge in [-0.05, 0) is 79.9 Å². The molecule has 3 unspecified atom stereocenters. The van der Waals surface area contributed by atoms with Gasteiger partial charge in [-0.2, -0.15) is 12.6 Å². The third-order valence-corrected chi connectivity index (χ3v) is 15.0. The molecule has 5 aromatic rings. The van der Waals surface area contributed by atoms with E-state index in [1.807, 2.05) is 0 Å². The number of unbranched alkanes of at least 4 members (excludes halogenated alkanes) is 7. The van der Waals surface area contributed by atoms with Crippen molar-refractivity contribution < 1.29 is 38.1 Å². The molecule has 0 amide bonds. The summed E-state index contributed by atoms with van der Waals surface area (Å²) in [7, 11) is 0. The molecule has 5 rings (SSSR count). The van der Waals surface area contributed by atoms with Gasteiger partial charge in [0.1, 0.15) is 0 Å². The topological polar surface area (TPSA) is 105 Å². The van der Waals surface area contributed by atoms with E-state index in [1.165, 1.54) is 24.3 Å². The van der Waals surface area contributed by atoms with E-state index in [2.05, 4.69) is 54.2 Å². The van der Waals surface area contributed by atoms with Crippen LogP contribution in [0.2, 0.25) is 20.1 Å². The van der Waals surface area contributed by atoms with Gasteiger partial charge in [-0.25, -0.2) is 19.2 Å². The molecule has 0 bridgehead atoms. The number of esters is 4. The average molecular weight is 1030 g/mol. The zero-order valence-corrected chi connectivity index (χ0v) is 44.7. The molecule has 0 aromatic heterocycles. The lowest BCUT2D eigenvalue weighted by Gasteiger charge is -2.24. The molecule has 5 aromatic carbocycles. The number of rotatable bonds is 29. The summed E-state index contributed by atoms with van der Waals surface area (Å²) in [4.78, 5) is 57.7. The molecular formula is C55H70Cl4O8S. The van der Waals surface area contributed by atoms with Crippen molar-refractivity contribution >= 4 is 126 Å². The molecule has 0 aliphatic rings. The molecule has 372 valence electrons. The number of ether oxygens (including phenoxy) is 4. The van der Waals surface area contributed by atoms with Gasteiger partial charge in [0.15, 0.2) is 0 Å². The fourth-order valence-corrected chi connectivity index (χ4v) is 10.7. The van der Waals surface area contributed by atoms with Crippen molar-refractivity contribution in [1.29, 1.82) is 0 Å². The normalized spacial score (nSPS) is 13.1. The first-order valence-corrected chi connectivity index (χ1v) is 27.2. The lowest BCUT2D eigenvalue weighted by molar-refractivity contribution is 0.0418. The lowest BCUT2D eigenvalue weighted by atomic mass is 9.84. The number of thiol groups is 1. The minimum Gasteiger partial charge on any atom is -0.462 e. The highest BCUT2D eigenvalue weighted by molar-refractivity contribution is 7.80. The molecule has 0 saturated heterocycles. The summed E-state index contributed by atoms with van der Waals surface area (Å²) in [5.74, 6) is -1.45. The van der Waals surface area contributed by atoms with Crippen molar-refractivity contribution in [3.63, 3.8) is 0 Å². The van der Waals surface area contributed by atoms with Crippen molar-refractivity contribution in [1.82, 2.24) is 0 Å². The van der Waals surface area contributed by atoms with Crippen molar-refractivity contribution in [3.05, 3.63) is 66.6 Å². The highest BCUT2D eigenvalue weighted by atomic mass is 35.5. The monoisotopic (exact) mass is 1030 g/mol. The Morgan fingerprint density at radius 2 is 0.706 bits per heavy atom. The van der Waals surface area contributed by atoms with E-state index in [9.17, 15) is 19.2 Å². The smallest absolute Gasteiger partial charge is 0.338 e. The molecule has 0 radical (unpaired) electrons. The van der Waals surface area contributed by atoms with E-state index in [-0.39, 0.29) is 97.3 Å². The van der Waals surface area contributed by atoms with Crippen LogP contribution in [-0.2, 0) is 18.9 Å². The zero-order chi connectivity index (χ0) is 49.5. The van der Waals surface area contributed by atoms with Crippen LogP contribution in [-0.4, -0.2) is 56.1 Å². The van der Waals surface area contributed by atoms with Gasteiger partial charge in [0.05, 0.1) is 48.7 Å². The van der Waals surface area contributed by atoms with Crippen LogP contribution in [0.4, 0.5) is 0 Å². The summed E-state index contributed by atoms with van der Waals surface area (Å²) in [6, 6.07) is 5.95.